The van der Waals surface area contributed by atoms with Gasteiger partial charge >= 0.3 is 0 Å². The fourth-order valence-electron chi connectivity index (χ4n) is 2.11. The molecule has 0 spiro atoms. The van der Waals surface area contributed by atoms with E-state index < -0.39 is 25.7 Å². The largest absolute Gasteiger partial charge is 0.301 e. The number of carbonyl (C=O) groups is 1. The molecule has 0 aromatic carbocycles. The minimum absolute atomic E-state index is 0.0652. The second-order valence-corrected chi connectivity index (χ2v) is 11.3. The number of anilines is 1. The fraction of sp³-hybridized carbons (Fsp3) is 0.733. The lowest BCUT2D eigenvalue weighted by Crippen LogP contribution is -2.47. The lowest BCUT2D eigenvalue weighted by atomic mass is 9.94. The molecule has 0 aliphatic heterocycles. The number of nitrogens with zero attached hydrogens (tertiary/aromatic N) is 1. The van der Waals surface area contributed by atoms with Crippen LogP contribution in [0.15, 0.2) is 0 Å². The molecule has 1 aromatic rings. The maximum atomic E-state index is 12.4. The number of thiazole rings is 1. The van der Waals surface area contributed by atoms with Gasteiger partial charge in [0.15, 0.2) is 15.0 Å². The second-order valence-electron chi connectivity index (χ2n) is 7.24. The van der Waals surface area contributed by atoms with Crippen LogP contribution in [0.5, 0.6) is 0 Å². The summed E-state index contributed by atoms with van der Waals surface area (Å²) in [5.74, 6) is -0.546. The normalized spacial score (nSPS) is 13.5. The highest BCUT2D eigenvalue weighted by molar-refractivity contribution is 7.94. The summed E-state index contributed by atoms with van der Waals surface area (Å²) >= 11 is 1.39. The summed E-state index contributed by atoms with van der Waals surface area (Å²) in [4.78, 5) is 17.9. The number of carbonyl (C=O) groups excluding carboxylic acids is 1. The fourth-order valence-corrected chi connectivity index (χ4v) is 4.62. The highest BCUT2D eigenvalue weighted by Crippen LogP contribution is 2.34. The van der Waals surface area contributed by atoms with Gasteiger partial charge in [0.25, 0.3) is 0 Å². The third-order valence-corrected chi connectivity index (χ3v) is 7.92. The molecule has 1 heterocycles. The molecule has 7 heteroatoms. The van der Waals surface area contributed by atoms with Gasteiger partial charge in [-0.15, -0.1) is 11.3 Å². The average molecular weight is 347 g/mol. The topological polar surface area (TPSA) is 76.1 Å². The van der Waals surface area contributed by atoms with Crippen molar-refractivity contribution in [2.24, 2.45) is 0 Å². The van der Waals surface area contributed by atoms with Crippen LogP contribution in [0.4, 0.5) is 5.13 Å². The van der Waals surface area contributed by atoms with Crippen molar-refractivity contribution in [2.45, 2.75) is 70.8 Å². The van der Waals surface area contributed by atoms with E-state index in [-0.39, 0.29) is 5.41 Å². The minimum Gasteiger partial charge on any atom is -0.301 e. The van der Waals surface area contributed by atoms with E-state index >= 15 is 0 Å². The van der Waals surface area contributed by atoms with Gasteiger partial charge in [-0.1, -0.05) is 20.8 Å². The molecule has 5 nitrogen and oxygen atoms in total. The molecule has 0 aliphatic carbocycles. The average Bonchev–Trinajstić information content (AvgIpc) is 2.69. The van der Waals surface area contributed by atoms with Crippen LogP contribution < -0.4 is 5.32 Å². The van der Waals surface area contributed by atoms with Gasteiger partial charge in [0.05, 0.1) is 10.9 Å². The predicted molar refractivity (Wildman–Crippen MR) is 92.3 cm³/mol. The maximum Gasteiger partial charge on any atom is 0.247 e. The Morgan fingerprint density at radius 1 is 1.18 bits per heavy atom. The van der Waals surface area contributed by atoms with Crippen molar-refractivity contribution in [2.75, 3.05) is 5.32 Å². The molecule has 1 rings (SSSR count). The highest BCUT2D eigenvalue weighted by Gasteiger charge is 2.43. The summed E-state index contributed by atoms with van der Waals surface area (Å²) in [6, 6.07) is 0. The number of aromatic nitrogens is 1. The molecular weight excluding hydrogens is 320 g/mol. The van der Waals surface area contributed by atoms with Gasteiger partial charge in [-0.2, -0.15) is 0 Å². The summed E-state index contributed by atoms with van der Waals surface area (Å²) in [5, 5.41) is 2.50. The van der Waals surface area contributed by atoms with E-state index in [9.17, 15) is 13.2 Å². The molecule has 1 N–H and O–H groups in total. The van der Waals surface area contributed by atoms with Crippen LogP contribution >= 0.6 is 11.3 Å². The van der Waals surface area contributed by atoms with Crippen molar-refractivity contribution in [1.82, 2.24) is 4.98 Å². The zero-order valence-corrected chi connectivity index (χ0v) is 16.2. The van der Waals surface area contributed by atoms with E-state index in [0.717, 1.165) is 10.6 Å². The van der Waals surface area contributed by atoms with Gasteiger partial charge in [0.1, 0.15) is 4.75 Å². The van der Waals surface area contributed by atoms with Crippen molar-refractivity contribution in [1.29, 1.82) is 0 Å². The molecule has 0 saturated carbocycles. The smallest absolute Gasteiger partial charge is 0.247 e. The molecule has 0 bridgehead atoms. The van der Waals surface area contributed by atoms with Crippen LogP contribution in [0.25, 0.3) is 0 Å². The summed E-state index contributed by atoms with van der Waals surface area (Å²) < 4.78 is 23.2. The molecular formula is C15H26N2O3S2. The summed E-state index contributed by atoms with van der Waals surface area (Å²) in [6.07, 6.45) is 0. The van der Waals surface area contributed by atoms with Gasteiger partial charge < -0.3 is 5.32 Å². The monoisotopic (exact) mass is 346 g/mol. The molecule has 0 unspecified atom stereocenters. The van der Waals surface area contributed by atoms with E-state index in [0.29, 0.717) is 5.13 Å². The van der Waals surface area contributed by atoms with Gasteiger partial charge in [0, 0.05) is 4.88 Å². The molecule has 0 aliphatic rings. The van der Waals surface area contributed by atoms with Crippen molar-refractivity contribution in [3.63, 3.8) is 0 Å². The molecule has 0 radical (unpaired) electrons. The zero-order valence-electron chi connectivity index (χ0n) is 14.6. The third-order valence-electron chi connectivity index (χ3n) is 3.58. The zero-order chi connectivity index (χ0) is 17.5. The standard InChI is InChI=1S/C15H26N2O3S2/c1-9(2)22(19,20)15(7,8)12(18)17-13-16-10(3)11(21-13)14(4,5)6/h9H,1-8H3,(H,16,17,18). The Balaban J connectivity index is 3.09. The molecule has 0 fully saturated rings. The van der Waals surface area contributed by atoms with Gasteiger partial charge in [-0.25, -0.2) is 13.4 Å². The lowest BCUT2D eigenvalue weighted by molar-refractivity contribution is -0.117. The van der Waals surface area contributed by atoms with E-state index in [2.05, 4.69) is 31.1 Å². The first-order chi connectivity index (χ1) is 9.71. The van der Waals surface area contributed by atoms with Crippen molar-refractivity contribution < 1.29 is 13.2 Å². The maximum absolute atomic E-state index is 12.4. The molecule has 1 aromatic heterocycles. The van der Waals surface area contributed by atoms with E-state index in [1.54, 1.807) is 13.8 Å². The van der Waals surface area contributed by atoms with Crippen LogP contribution in [0.2, 0.25) is 0 Å². The number of sulfone groups is 1. The first-order valence-electron chi connectivity index (χ1n) is 7.24. The quantitative estimate of drug-likeness (QED) is 0.907. The first kappa shape index (κ1) is 19.1. The molecule has 0 saturated heterocycles. The number of hydrogen-bond donors (Lipinski definition) is 1. The van der Waals surface area contributed by atoms with Crippen LogP contribution in [-0.4, -0.2) is 29.3 Å². The summed E-state index contributed by atoms with van der Waals surface area (Å²) in [5.41, 5.74) is 0.793. The van der Waals surface area contributed by atoms with Crippen LogP contribution in [0.3, 0.4) is 0 Å². The first-order valence-corrected chi connectivity index (χ1v) is 9.60. The third kappa shape index (κ3) is 3.51. The van der Waals surface area contributed by atoms with E-state index in [1.807, 2.05) is 6.92 Å². The van der Waals surface area contributed by atoms with Gasteiger partial charge in [0.2, 0.25) is 5.91 Å². The summed E-state index contributed by atoms with van der Waals surface area (Å²) in [7, 11) is -3.56. The number of amides is 1. The SMILES string of the molecule is Cc1nc(NC(=O)C(C)(C)S(=O)(=O)C(C)C)sc1C(C)(C)C. The Morgan fingerprint density at radius 2 is 1.68 bits per heavy atom. The van der Waals surface area contributed by atoms with Crippen LogP contribution in [-0.2, 0) is 20.0 Å². The molecule has 22 heavy (non-hydrogen) atoms. The number of aryl methyl sites for hydroxylation is 1. The van der Waals surface area contributed by atoms with Crippen molar-refractivity contribution >= 4 is 32.2 Å². The molecule has 1 amide bonds. The Hall–Kier alpha value is -0.950. The Bertz CT molecular complexity index is 665. The lowest BCUT2D eigenvalue weighted by Gasteiger charge is -2.25. The molecule has 0 atom stereocenters. The number of nitrogens with one attached hydrogen (secondary N) is 1. The Kier molecular flexibility index (Phi) is 5.14. The highest BCUT2D eigenvalue weighted by atomic mass is 32.2. The number of rotatable bonds is 4. The van der Waals surface area contributed by atoms with Crippen molar-refractivity contribution in [3.05, 3.63) is 10.6 Å². The van der Waals surface area contributed by atoms with Crippen LogP contribution in [0.1, 0.15) is 59.0 Å². The van der Waals surface area contributed by atoms with E-state index in [4.69, 9.17) is 0 Å². The summed E-state index contributed by atoms with van der Waals surface area (Å²) in [6.45, 7) is 14.1. The van der Waals surface area contributed by atoms with Gasteiger partial charge in [-0.05, 0) is 40.0 Å². The Morgan fingerprint density at radius 3 is 2.05 bits per heavy atom. The number of hydrogen-bond acceptors (Lipinski definition) is 5. The minimum atomic E-state index is -3.56. The second kappa shape index (κ2) is 5.92. The van der Waals surface area contributed by atoms with Gasteiger partial charge in [-0.3, -0.25) is 4.79 Å². The molecule has 126 valence electrons. The van der Waals surface area contributed by atoms with Crippen LogP contribution in [0, 0.1) is 6.92 Å². The van der Waals surface area contributed by atoms with Crippen molar-refractivity contribution in [3.8, 4) is 0 Å². The Labute approximate surface area is 137 Å². The van der Waals surface area contributed by atoms with E-state index in [1.165, 1.54) is 25.2 Å². The predicted octanol–water partition coefficient (Wildman–Crippen LogP) is 3.29.